The summed E-state index contributed by atoms with van der Waals surface area (Å²) in [5, 5.41) is 9.28. The number of hydrogen-bond acceptors (Lipinski definition) is 3. The number of aromatic nitrogens is 3. The summed E-state index contributed by atoms with van der Waals surface area (Å²) in [5.74, 6) is 0.264. The summed E-state index contributed by atoms with van der Waals surface area (Å²) in [5.41, 5.74) is 3.76. The molecule has 17 heavy (non-hydrogen) atoms. The highest BCUT2D eigenvalue weighted by molar-refractivity contribution is 5.64. The molecule has 0 aliphatic heterocycles. The first-order valence-electron chi connectivity index (χ1n) is 5.34. The number of phenolic OH excluding ortho intramolecular Hbond substituents is 1. The average Bonchev–Trinajstić information content (AvgIpc) is 2.75. The molecule has 2 aromatic heterocycles. The van der Waals surface area contributed by atoms with Gasteiger partial charge in [-0.2, -0.15) is 0 Å². The minimum atomic E-state index is 0.264. The third-order valence-electron chi connectivity index (χ3n) is 2.77. The maximum Gasteiger partial charge on any atom is 0.158 e. The first-order chi connectivity index (χ1) is 8.25. The Hall–Kier alpha value is -2.36. The fourth-order valence-electron chi connectivity index (χ4n) is 1.89. The van der Waals surface area contributed by atoms with Gasteiger partial charge in [-0.05, 0) is 31.2 Å². The first-order valence-corrected chi connectivity index (χ1v) is 5.34. The normalized spacial score (nSPS) is 10.9. The number of rotatable bonds is 1. The highest BCUT2D eigenvalue weighted by Gasteiger charge is 2.07. The van der Waals surface area contributed by atoms with Crippen molar-refractivity contribution in [2.24, 2.45) is 0 Å². The van der Waals surface area contributed by atoms with Gasteiger partial charge in [0.25, 0.3) is 0 Å². The number of fused-ring (bicyclic) bond motifs is 1. The summed E-state index contributed by atoms with van der Waals surface area (Å²) in [6.07, 6.45) is 5.46. The van der Waals surface area contributed by atoms with Crippen LogP contribution in [-0.2, 0) is 0 Å². The molecule has 0 aliphatic carbocycles. The van der Waals surface area contributed by atoms with Crippen molar-refractivity contribution in [2.75, 3.05) is 0 Å². The molecule has 1 aromatic carbocycles. The summed E-state index contributed by atoms with van der Waals surface area (Å²) < 4.78 is 1.99. The molecule has 0 spiro atoms. The van der Waals surface area contributed by atoms with Crippen LogP contribution in [0.4, 0.5) is 0 Å². The second kappa shape index (κ2) is 3.59. The van der Waals surface area contributed by atoms with Crippen LogP contribution in [0.5, 0.6) is 5.75 Å². The van der Waals surface area contributed by atoms with Crippen molar-refractivity contribution in [2.45, 2.75) is 6.92 Å². The van der Waals surface area contributed by atoms with Crippen molar-refractivity contribution >= 4 is 5.65 Å². The lowest BCUT2D eigenvalue weighted by Crippen LogP contribution is -1.92. The molecule has 0 saturated heterocycles. The molecule has 84 valence electrons. The van der Waals surface area contributed by atoms with E-state index in [0.29, 0.717) is 0 Å². The van der Waals surface area contributed by atoms with E-state index in [1.165, 1.54) is 0 Å². The molecule has 4 heteroatoms. The van der Waals surface area contributed by atoms with Gasteiger partial charge in [0.1, 0.15) is 5.75 Å². The van der Waals surface area contributed by atoms with E-state index in [0.717, 1.165) is 22.6 Å². The lowest BCUT2D eigenvalue weighted by molar-refractivity contribution is 0.475. The summed E-state index contributed by atoms with van der Waals surface area (Å²) in [6.45, 7) is 1.93. The minimum Gasteiger partial charge on any atom is -0.508 e. The summed E-state index contributed by atoms with van der Waals surface area (Å²) in [4.78, 5) is 8.56. The monoisotopic (exact) mass is 225 g/mol. The smallest absolute Gasteiger partial charge is 0.158 e. The topological polar surface area (TPSA) is 50.4 Å². The van der Waals surface area contributed by atoms with E-state index >= 15 is 0 Å². The highest BCUT2D eigenvalue weighted by Crippen LogP contribution is 2.23. The van der Waals surface area contributed by atoms with Crippen LogP contribution in [0.1, 0.15) is 5.69 Å². The summed E-state index contributed by atoms with van der Waals surface area (Å²) in [6, 6.07) is 7.08. The minimum absolute atomic E-state index is 0.264. The van der Waals surface area contributed by atoms with Gasteiger partial charge in [0.05, 0.1) is 17.6 Å². The molecule has 0 amide bonds. The maximum atomic E-state index is 9.28. The number of phenols is 1. The predicted molar refractivity (Wildman–Crippen MR) is 64.8 cm³/mol. The van der Waals surface area contributed by atoms with Crippen LogP contribution in [-0.4, -0.2) is 19.5 Å². The third kappa shape index (κ3) is 1.54. The Morgan fingerprint density at radius 1 is 1.12 bits per heavy atom. The van der Waals surface area contributed by atoms with Gasteiger partial charge in [-0.1, -0.05) is 0 Å². The molecule has 0 unspecified atom stereocenters. The van der Waals surface area contributed by atoms with Crippen molar-refractivity contribution in [1.82, 2.24) is 14.4 Å². The Morgan fingerprint density at radius 2 is 1.88 bits per heavy atom. The van der Waals surface area contributed by atoms with Crippen LogP contribution in [0.2, 0.25) is 0 Å². The molecular weight excluding hydrogens is 214 g/mol. The van der Waals surface area contributed by atoms with E-state index in [1.807, 2.05) is 35.9 Å². The molecule has 3 rings (SSSR count). The Kier molecular flexibility index (Phi) is 2.08. The number of imidazole rings is 1. The van der Waals surface area contributed by atoms with Crippen LogP contribution >= 0.6 is 0 Å². The second-order valence-electron chi connectivity index (χ2n) is 3.90. The van der Waals surface area contributed by atoms with Crippen LogP contribution < -0.4 is 0 Å². The first kappa shape index (κ1) is 9.84. The van der Waals surface area contributed by atoms with Crippen LogP contribution in [0.25, 0.3) is 16.9 Å². The van der Waals surface area contributed by atoms with Crippen LogP contribution in [0, 0.1) is 6.92 Å². The number of nitrogens with zero attached hydrogens (tertiary/aromatic N) is 3. The van der Waals surface area contributed by atoms with Gasteiger partial charge in [-0.15, -0.1) is 0 Å². The van der Waals surface area contributed by atoms with Crippen molar-refractivity contribution in [3.05, 3.63) is 48.5 Å². The molecule has 4 nitrogen and oxygen atoms in total. The molecule has 0 radical (unpaired) electrons. The van der Waals surface area contributed by atoms with Gasteiger partial charge in [0.2, 0.25) is 0 Å². The van der Waals surface area contributed by atoms with Gasteiger partial charge >= 0.3 is 0 Å². The third-order valence-corrected chi connectivity index (χ3v) is 2.77. The predicted octanol–water partition coefficient (Wildman–Crippen LogP) is 2.41. The Bertz CT molecular complexity index is 671. The maximum absolute atomic E-state index is 9.28. The van der Waals surface area contributed by atoms with Gasteiger partial charge in [-0.25, -0.2) is 4.98 Å². The zero-order valence-electron chi connectivity index (χ0n) is 9.33. The molecule has 0 atom stereocenters. The number of benzene rings is 1. The molecule has 0 aliphatic rings. The van der Waals surface area contributed by atoms with E-state index in [9.17, 15) is 5.11 Å². The fraction of sp³-hybridized carbons (Fsp3) is 0.0769. The van der Waals surface area contributed by atoms with E-state index in [-0.39, 0.29) is 5.75 Å². The summed E-state index contributed by atoms with van der Waals surface area (Å²) >= 11 is 0. The molecule has 3 aromatic rings. The Balaban J connectivity index is 2.24. The van der Waals surface area contributed by atoms with Gasteiger partial charge in [0, 0.05) is 18.0 Å². The number of aromatic hydroxyl groups is 1. The molecular formula is C13H11N3O. The van der Waals surface area contributed by atoms with Gasteiger partial charge in [0.15, 0.2) is 5.65 Å². The van der Waals surface area contributed by atoms with Crippen molar-refractivity contribution in [1.29, 1.82) is 0 Å². The van der Waals surface area contributed by atoms with Crippen molar-refractivity contribution < 1.29 is 5.11 Å². The SMILES string of the molecule is Cc1nccn2c(-c3ccc(O)cc3)cnc12. The van der Waals surface area contributed by atoms with Gasteiger partial charge < -0.3 is 5.11 Å². The van der Waals surface area contributed by atoms with E-state index < -0.39 is 0 Å². The van der Waals surface area contributed by atoms with E-state index in [2.05, 4.69) is 9.97 Å². The molecule has 2 heterocycles. The Morgan fingerprint density at radius 3 is 2.65 bits per heavy atom. The fourth-order valence-corrected chi connectivity index (χ4v) is 1.89. The van der Waals surface area contributed by atoms with E-state index in [4.69, 9.17) is 0 Å². The molecule has 0 saturated carbocycles. The van der Waals surface area contributed by atoms with E-state index in [1.54, 1.807) is 18.3 Å². The lowest BCUT2D eigenvalue weighted by Gasteiger charge is -2.02. The number of aryl methyl sites for hydroxylation is 1. The lowest BCUT2D eigenvalue weighted by atomic mass is 10.1. The quantitative estimate of drug-likeness (QED) is 0.691. The second-order valence-corrected chi connectivity index (χ2v) is 3.90. The Labute approximate surface area is 98.2 Å². The average molecular weight is 225 g/mol. The summed E-state index contributed by atoms with van der Waals surface area (Å²) in [7, 11) is 0. The molecule has 0 fully saturated rings. The zero-order chi connectivity index (χ0) is 11.8. The zero-order valence-corrected chi connectivity index (χ0v) is 9.33. The van der Waals surface area contributed by atoms with Crippen molar-refractivity contribution in [3.63, 3.8) is 0 Å². The van der Waals surface area contributed by atoms with Crippen molar-refractivity contribution in [3.8, 4) is 17.0 Å². The molecule has 0 bridgehead atoms. The number of hydrogen-bond donors (Lipinski definition) is 1. The highest BCUT2D eigenvalue weighted by atomic mass is 16.3. The largest absolute Gasteiger partial charge is 0.508 e. The van der Waals surface area contributed by atoms with Gasteiger partial charge in [-0.3, -0.25) is 9.38 Å². The van der Waals surface area contributed by atoms with Crippen LogP contribution in [0.3, 0.4) is 0 Å². The standard InChI is InChI=1S/C13H11N3O/c1-9-13-15-8-12(16(13)7-6-14-9)10-2-4-11(17)5-3-10/h2-8,17H,1H3. The molecule has 1 N–H and O–H groups in total. The van der Waals surface area contributed by atoms with Crippen LogP contribution in [0.15, 0.2) is 42.9 Å².